The number of hydrogen-bond acceptors (Lipinski definition) is 6. The van der Waals surface area contributed by atoms with Gasteiger partial charge in [0.2, 0.25) is 0 Å². The van der Waals surface area contributed by atoms with Crippen LogP contribution < -0.4 is 10.2 Å². The van der Waals surface area contributed by atoms with E-state index in [1.165, 1.54) is 11.1 Å². The summed E-state index contributed by atoms with van der Waals surface area (Å²) in [4.78, 5) is 34.7. The maximum atomic E-state index is 12.7. The normalized spacial score (nSPS) is 14.1. The zero-order valence-electron chi connectivity index (χ0n) is 15.9. The van der Waals surface area contributed by atoms with Crippen molar-refractivity contribution in [3.63, 3.8) is 0 Å². The van der Waals surface area contributed by atoms with Crippen molar-refractivity contribution in [3.05, 3.63) is 70.4 Å². The minimum Gasteiger partial charge on any atom is -0.459 e. The number of furan rings is 1. The summed E-state index contributed by atoms with van der Waals surface area (Å²) in [5, 5.41) is 5.02. The van der Waals surface area contributed by atoms with E-state index in [1.54, 1.807) is 46.7 Å². The molecule has 8 heteroatoms. The molecule has 29 heavy (non-hydrogen) atoms. The highest BCUT2D eigenvalue weighted by atomic mass is 32.1. The predicted molar refractivity (Wildman–Crippen MR) is 111 cm³/mol. The van der Waals surface area contributed by atoms with Gasteiger partial charge in [0.25, 0.3) is 11.8 Å². The Kier molecular flexibility index (Phi) is 5.90. The second-order valence-corrected chi connectivity index (χ2v) is 7.75. The summed E-state index contributed by atoms with van der Waals surface area (Å²) >= 11 is 1.69. The highest BCUT2D eigenvalue weighted by molar-refractivity contribution is 7.09. The fourth-order valence-electron chi connectivity index (χ4n) is 3.35. The van der Waals surface area contributed by atoms with Crippen LogP contribution in [0.15, 0.2) is 58.7 Å². The molecule has 2 amide bonds. The second kappa shape index (κ2) is 8.91. The largest absolute Gasteiger partial charge is 0.459 e. The van der Waals surface area contributed by atoms with Gasteiger partial charge >= 0.3 is 0 Å². The lowest BCUT2D eigenvalue weighted by Crippen LogP contribution is -2.49. The Labute approximate surface area is 173 Å². The SMILES string of the molecule is O=C(NCCc1cccs1)c1cccnc1N1CCN(C(=O)c2ccco2)CC1. The van der Waals surface area contributed by atoms with Gasteiger partial charge in [0, 0.05) is 43.8 Å². The van der Waals surface area contributed by atoms with E-state index in [0.717, 1.165) is 6.42 Å². The van der Waals surface area contributed by atoms with Gasteiger partial charge in [-0.15, -0.1) is 11.3 Å². The standard InChI is InChI=1S/C21H22N4O3S/c26-20(23-9-7-16-4-3-15-29-16)17-5-1-8-22-19(17)24-10-12-25(13-11-24)21(27)18-6-2-14-28-18/h1-6,8,14-15H,7,9-13H2,(H,23,26). The first-order chi connectivity index (χ1) is 14.2. The van der Waals surface area contributed by atoms with Crippen LogP contribution in [0.5, 0.6) is 0 Å². The molecule has 4 rings (SSSR count). The molecule has 0 bridgehead atoms. The van der Waals surface area contributed by atoms with Crippen molar-refractivity contribution in [1.29, 1.82) is 0 Å². The number of rotatable bonds is 6. The molecule has 150 valence electrons. The number of anilines is 1. The monoisotopic (exact) mass is 410 g/mol. The van der Waals surface area contributed by atoms with E-state index in [1.807, 2.05) is 11.4 Å². The van der Waals surface area contributed by atoms with Crippen molar-refractivity contribution in [3.8, 4) is 0 Å². The number of amides is 2. The van der Waals surface area contributed by atoms with Crippen molar-refractivity contribution in [2.45, 2.75) is 6.42 Å². The molecule has 0 aliphatic carbocycles. The van der Waals surface area contributed by atoms with Crippen LogP contribution in [0.1, 0.15) is 25.8 Å². The fraction of sp³-hybridized carbons (Fsp3) is 0.286. The van der Waals surface area contributed by atoms with E-state index in [9.17, 15) is 9.59 Å². The Morgan fingerprint density at radius 3 is 2.69 bits per heavy atom. The smallest absolute Gasteiger partial charge is 0.289 e. The van der Waals surface area contributed by atoms with Crippen LogP contribution in [-0.4, -0.2) is 54.4 Å². The molecule has 0 unspecified atom stereocenters. The van der Waals surface area contributed by atoms with E-state index < -0.39 is 0 Å². The van der Waals surface area contributed by atoms with Crippen molar-refractivity contribution < 1.29 is 14.0 Å². The molecule has 3 aromatic rings. The second-order valence-electron chi connectivity index (χ2n) is 6.72. The van der Waals surface area contributed by atoms with Crippen LogP contribution in [0, 0.1) is 0 Å². The number of carbonyl (C=O) groups excluding carboxylic acids is 2. The Hall–Kier alpha value is -3.13. The Morgan fingerprint density at radius 2 is 1.97 bits per heavy atom. The van der Waals surface area contributed by atoms with Gasteiger partial charge in [-0.2, -0.15) is 0 Å². The summed E-state index contributed by atoms with van der Waals surface area (Å²) in [6.07, 6.45) is 4.01. The summed E-state index contributed by atoms with van der Waals surface area (Å²) in [6.45, 7) is 2.90. The van der Waals surface area contributed by atoms with Gasteiger partial charge in [-0.05, 0) is 42.1 Å². The summed E-state index contributed by atoms with van der Waals surface area (Å²) in [7, 11) is 0. The van der Waals surface area contributed by atoms with Crippen LogP contribution in [0.3, 0.4) is 0 Å². The molecule has 0 radical (unpaired) electrons. The number of nitrogens with zero attached hydrogens (tertiary/aromatic N) is 3. The van der Waals surface area contributed by atoms with Gasteiger partial charge in [0.15, 0.2) is 5.76 Å². The maximum absolute atomic E-state index is 12.7. The van der Waals surface area contributed by atoms with Gasteiger partial charge in [0.1, 0.15) is 5.82 Å². The number of aromatic nitrogens is 1. The van der Waals surface area contributed by atoms with E-state index in [4.69, 9.17) is 4.42 Å². The first kappa shape index (κ1) is 19.2. The third-order valence-corrected chi connectivity index (χ3v) is 5.80. The highest BCUT2D eigenvalue weighted by Crippen LogP contribution is 2.20. The van der Waals surface area contributed by atoms with Crippen LogP contribution >= 0.6 is 11.3 Å². The molecule has 0 atom stereocenters. The quantitative estimate of drug-likeness (QED) is 0.676. The molecule has 0 aromatic carbocycles. The lowest BCUT2D eigenvalue weighted by atomic mass is 10.2. The van der Waals surface area contributed by atoms with Crippen molar-refractivity contribution in [2.75, 3.05) is 37.6 Å². The van der Waals surface area contributed by atoms with Crippen LogP contribution in [-0.2, 0) is 6.42 Å². The van der Waals surface area contributed by atoms with Gasteiger partial charge in [-0.3, -0.25) is 9.59 Å². The summed E-state index contributed by atoms with van der Waals surface area (Å²) in [5.74, 6) is 0.772. The zero-order chi connectivity index (χ0) is 20.1. The molecule has 1 aliphatic heterocycles. The number of carbonyl (C=O) groups is 2. The Balaban J connectivity index is 1.37. The number of thiophene rings is 1. The molecule has 1 fully saturated rings. The number of hydrogen-bond donors (Lipinski definition) is 1. The molecule has 1 saturated heterocycles. The number of nitrogens with one attached hydrogen (secondary N) is 1. The minimum absolute atomic E-state index is 0.109. The summed E-state index contributed by atoms with van der Waals surface area (Å²) in [6, 6.07) is 11.0. The molecule has 4 heterocycles. The van der Waals surface area contributed by atoms with Gasteiger partial charge in [0.05, 0.1) is 11.8 Å². The average molecular weight is 410 g/mol. The molecular weight excluding hydrogens is 388 g/mol. The highest BCUT2D eigenvalue weighted by Gasteiger charge is 2.26. The number of piperazine rings is 1. The van der Waals surface area contributed by atoms with Gasteiger partial charge in [-0.1, -0.05) is 6.07 Å². The Bertz CT molecular complexity index is 948. The van der Waals surface area contributed by atoms with Crippen LogP contribution in [0.2, 0.25) is 0 Å². The zero-order valence-corrected chi connectivity index (χ0v) is 16.7. The van der Waals surface area contributed by atoms with E-state index >= 15 is 0 Å². The average Bonchev–Trinajstić information content (AvgIpc) is 3.48. The Morgan fingerprint density at radius 1 is 1.10 bits per heavy atom. The maximum Gasteiger partial charge on any atom is 0.289 e. The summed E-state index contributed by atoms with van der Waals surface area (Å²) < 4.78 is 5.21. The predicted octanol–water partition coefficient (Wildman–Crippen LogP) is 2.67. The van der Waals surface area contributed by atoms with Crippen LogP contribution in [0.25, 0.3) is 0 Å². The van der Waals surface area contributed by atoms with E-state index in [0.29, 0.717) is 49.9 Å². The minimum atomic E-state index is -0.126. The van der Waals surface area contributed by atoms with Gasteiger partial charge < -0.3 is 19.5 Å². The molecular formula is C21H22N4O3S. The molecule has 7 nitrogen and oxygen atoms in total. The summed E-state index contributed by atoms with van der Waals surface area (Å²) in [5.41, 5.74) is 0.560. The molecule has 3 aromatic heterocycles. The molecule has 0 spiro atoms. The lowest BCUT2D eigenvalue weighted by molar-refractivity contribution is 0.0713. The topological polar surface area (TPSA) is 78.7 Å². The van der Waals surface area contributed by atoms with Crippen molar-refractivity contribution >= 4 is 29.0 Å². The van der Waals surface area contributed by atoms with E-state index in [-0.39, 0.29) is 11.8 Å². The van der Waals surface area contributed by atoms with E-state index in [2.05, 4.69) is 21.3 Å². The first-order valence-electron chi connectivity index (χ1n) is 9.55. The van der Waals surface area contributed by atoms with Gasteiger partial charge in [-0.25, -0.2) is 4.98 Å². The molecule has 0 saturated carbocycles. The fourth-order valence-corrected chi connectivity index (χ4v) is 4.06. The number of pyridine rings is 1. The third-order valence-electron chi connectivity index (χ3n) is 4.87. The first-order valence-corrected chi connectivity index (χ1v) is 10.4. The lowest BCUT2D eigenvalue weighted by Gasteiger charge is -2.35. The van der Waals surface area contributed by atoms with Crippen molar-refractivity contribution in [1.82, 2.24) is 15.2 Å². The molecule has 1 aliphatic rings. The molecule has 1 N–H and O–H groups in total. The van der Waals surface area contributed by atoms with Crippen molar-refractivity contribution in [2.24, 2.45) is 0 Å². The van der Waals surface area contributed by atoms with Crippen LogP contribution in [0.4, 0.5) is 5.82 Å². The third kappa shape index (κ3) is 4.48.